The number of likely N-dealkylation sites (tertiary alicyclic amines) is 1. The van der Waals surface area contributed by atoms with Crippen molar-refractivity contribution >= 4 is 12.0 Å². The summed E-state index contributed by atoms with van der Waals surface area (Å²) in [4.78, 5) is 24.6. The maximum absolute atomic E-state index is 12.0. The van der Waals surface area contributed by atoms with Crippen molar-refractivity contribution in [2.75, 3.05) is 33.9 Å². The number of urea groups is 1. The third kappa shape index (κ3) is 5.04. The van der Waals surface area contributed by atoms with Crippen LogP contribution in [0.4, 0.5) is 4.79 Å². The Kier molecular flexibility index (Phi) is 6.58. The van der Waals surface area contributed by atoms with Gasteiger partial charge in [-0.15, -0.1) is 0 Å². The minimum Gasteiger partial charge on any atom is -0.480 e. The minimum atomic E-state index is -1.05. The first kappa shape index (κ1) is 15.7. The Morgan fingerprint density at radius 2 is 2.21 bits per heavy atom. The summed E-state index contributed by atoms with van der Waals surface area (Å²) < 4.78 is 10.1. The molecule has 0 spiro atoms. The number of carboxylic acid groups (broad SMARTS) is 1. The van der Waals surface area contributed by atoms with Gasteiger partial charge in [-0.25, -0.2) is 9.59 Å². The van der Waals surface area contributed by atoms with E-state index in [9.17, 15) is 9.59 Å². The van der Waals surface area contributed by atoms with E-state index in [0.29, 0.717) is 13.1 Å². The Balaban J connectivity index is 2.48. The van der Waals surface area contributed by atoms with Gasteiger partial charge in [-0.3, -0.25) is 0 Å². The molecule has 2 unspecified atom stereocenters. The molecule has 2 atom stereocenters. The van der Waals surface area contributed by atoms with E-state index in [1.807, 2.05) is 0 Å². The molecule has 1 aliphatic heterocycles. The number of carboxylic acids is 1. The van der Waals surface area contributed by atoms with E-state index in [1.165, 1.54) is 7.11 Å². The molecule has 2 N–H and O–H groups in total. The van der Waals surface area contributed by atoms with E-state index < -0.39 is 12.0 Å². The van der Waals surface area contributed by atoms with E-state index in [-0.39, 0.29) is 25.2 Å². The molecule has 19 heavy (non-hydrogen) atoms. The first-order valence-electron chi connectivity index (χ1n) is 6.38. The lowest BCUT2D eigenvalue weighted by molar-refractivity contribution is -0.139. The molecular formula is C12H22N2O5. The molecule has 1 rings (SSSR count). The average molecular weight is 274 g/mol. The second-order valence-corrected chi connectivity index (χ2v) is 4.57. The van der Waals surface area contributed by atoms with Crippen LogP contribution in [0.15, 0.2) is 0 Å². The largest absolute Gasteiger partial charge is 0.480 e. The zero-order chi connectivity index (χ0) is 14.3. The van der Waals surface area contributed by atoms with Crippen LogP contribution in [0.2, 0.25) is 0 Å². The maximum atomic E-state index is 12.0. The van der Waals surface area contributed by atoms with Gasteiger partial charge in [0.1, 0.15) is 6.04 Å². The fourth-order valence-corrected chi connectivity index (χ4v) is 2.05. The lowest BCUT2D eigenvalue weighted by Gasteiger charge is -2.32. The van der Waals surface area contributed by atoms with Gasteiger partial charge in [-0.2, -0.15) is 0 Å². The van der Waals surface area contributed by atoms with Crippen LogP contribution in [-0.2, 0) is 14.3 Å². The van der Waals surface area contributed by atoms with Crippen molar-refractivity contribution in [1.82, 2.24) is 10.2 Å². The summed E-state index contributed by atoms with van der Waals surface area (Å²) in [7, 11) is 3.11. The number of nitrogens with zero attached hydrogens (tertiary/aromatic N) is 1. The van der Waals surface area contributed by atoms with Gasteiger partial charge in [0.15, 0.2) is 0 Å². The highest BCUT2D eigenvalue weighted by molar-refractivity contribution is 5.82. The number of carbonyl (C=O) groups excluding carboxylic acids is 1. The van der Waals surface area contributed by atoms with E-state index in [1.54, 1.807) is 12.0 Å². The summed E-state index contributed by atoms with van der Waals surface area (Å²) in [6, 6.07) is -1.28. The second kappa shape index (κ2) is 7.96. The van der Waals surface area contributed by atoms with E-state index in [0.717, 1.165) is 12.8 Å². The number of aliphatic carboxylic acids is 1. The molecule has 0 radical (unpaired) electrons. The van der Waals surface area contributed by atoms with E-state index in [4.69, 9.17) is 14.6 Å². The van der Waals surface area contributed by atoms with Crippen LogP contribution in [0, 0.1) is 0 Å². The highest BCUT2D eigenvalue weighted by Gasteiger charge is 2.27. The van der Waals surface area contributed by atoms with Crippen molar-refractivity contribution in [3.05, 3.63) is 0 Å². The van der Waals surface area contributed by atoms with Crippen LogP contribution in [0.25, 0.3) is 0 Å². The summed E-state index contributed by atoms with van der Waals surface area (Å²) in [5, 5.41) is 11.5. The van der Waals surface area contributed by atoms with Gasteiger partial charge in [-0.05, 0) is 12.8 Å². The molecule has 0 aromatic carbocycles. The molecule has 7 nitrogen and oxygen atoms in total. The number of methoxy groups -OCH3 is 2. The summed E-state index contributed by atoms with van der Waals surface area (Å²) in [5.74, 6) is -1.05. The van der Waals surface area contributed by atoms with Crippen molar-refractivity contribution in [3.8, 4) is 0 Å². The first-order valence-corrected chi connectivity index (χ1v) is 6.38. The summed E-state index contributed by atoms with van der Waals surface area (Å²) in [5.41, 5.74) is 0. The lowest BCUT2D eigenvalue weighted by atomic mass is 10.1. The van der Waals surface area contributed by atoms with Crippen LogP contribution >= 0.6 is 0 Å². The number of carbonyl (C=O) groups is 2. The molecule has 0 aromatic heterocycles. The van der Waals surface area contributed by atoms with E-state index in [2.05, 4.69) is 5.32 Å². The Morgan fingerprint density at radius 3 is 2.79 bits per heavy atom. The molecule has 110 valence electrons. The molecule has 1 fully saturated rings. The zero-order valence-corrected chi connectivity index (χ0v) is 11.4. The number of ether oxygens (including phenoxy) is 2. The highest BCUT2D eigenvalue weighted by atomic mass is 16.5. The van der Waals surface area contributed by atoms with Crippen LogP contribution in [0.3, 0.4) is 0 Å². The lowest BCUT2D eigenvalue weighted by Crippen LogP contribution is -2.52. The van der Waals surface area contributed by atoms with Crippen LogP contribution in [0.1, 0.15) is 19.3 Å². The predicted octanol–water partition coefficient (Wildman–Crippen LogP) is 0.297. The minimum absolute atomic E-state index is 0.0294. The molecular weight excluding hydrogens is 252 g/mol. The Hall–Kier alpha value is -1.34. The monoisotopic (exact) mass is 274 g/mol. The van der Waals surface area contributed by atoms with Crippen LogP contribution in [0.5, 0.6) is 0 Å². The van der Waals surface area contributed by atoms with Gasteiger partial charge in [0.05, 0.1) is 6.10 Å². The Bertz CT molecular complexity index is 310. The number of hydrogen-bond donors (Lipinski definition) is 2. The standard InChI is InChI=1S/C12H22N2O5/c1-18-7-5-10(11(15)16)13-12(17)14-6-3-4-9(8-14)19-2/h9-10H,3-8H2,1-2H3,(H,13,17)(H,15,16). The zero-order valence-electron chi connectivity index (χ0n) is 11.4. The van der Waals surface area contributed by atoms with Gasteiger partial charge in [0, 0.05) is 40.3 Å². The fraction of sp³-hybridized carbons (Fsp3) is 0.833. The SMILES string of the molecule is COCCC(NC(=O)N1CCCC(OC)C1)C(=O)O. The molecule has 0 bridgehead atoms. The third-order valence-corrected chi connectivity index (χ3v) is 3.21. The van der Waals surface area contributed by atoms with Gasteiger partial charge in [0.25, 0.3) is 0 Å². The molecule has 0 aliphatic carbocycles. The number of piperidine rings is 1. The number of nitrogens with one attached hydrogen (secondary N) is 1. The normalized spacial score (nSPS) is 20.9. The Morgan fingerprint density at radius 1 is 1.47 bits per heavy atom. The predicted molar refractivity (Wildman–Crippen MR) is 68.1 cm³/mol. The van der Waals surface area contributed by atoms with Crippen molar-refractivity contribution in [1.29, 1.82) is 0 Å². The van der Waals surface area contributed by atoms with Gasteiger partial charge < -0.3 is 24.8 Å². The van der Waals surface area contributed by atoms with Gasteiger partial charge in [-0.1, -0.05) is 0 Å². The molecule has 2 amide bonds. The number of amides is 2. The second-order valence-electron chi connectivity index (χ2n) is 4.57. The number of rotatable bonds is 6. The van der Waals surface area contributed by atoms with Gasteiger partial charge >= 0.3 is 12.0 Å². The summed E-state index contributed by atoms with van der Waals surface area (Å²) in [6.45, 7) is 1.42. The molecule has 7 heteroatoms. The average Bonchev–Trinajstić information content (AvgIpc) is 2.42. The molecule has 0 saturated carbocycles. The topological polar surface area (TPSA) is 88.1 Å². The highest BCUT2D eigenvalue weighted by Crippen LogP contribution is 2.12. The Labute approximate surface area is 112 Å². The van der Waals surface area contributed by atoms with Gasteiger partial charge in [0.2, 0.25) is 0 Å². The summed E-state index contributed by atoms with van der Waals surface area (Å²) >= 11 is 0. The molecule has 1 aliphatic rings. The molecule has 0 aromatic rings. The summed E-state index contributed by atoms with van der Waals surface area (Å²) in [6.07, 6.45) is 2.06. The molecule has 1 heterocycles. The quantitative estimate of drug-likeness (QED) is 0.727. The fourth-order valence-electron chi connectivity index (χ4n) is 2.05. The van der Waals surface area contributed by atoms with Crippen LogP contribution in [-0.4, -0.2) is 68.1 Å². The molecule has 1 saturated heterocycles. The van der Waals surface area contributed by atoms with Crippen molar-refractivity contribution in [3.63, 3.8) is 0 Å². The smallest absolute Gasteiger partial charge is 0.326 e. The first-order chi connectivity index (χ1) is 9.08. The van der Waals surface area contributed by atoms with Crippen molar-refractivity contribution < 1.29 is 24.2 Å². The van der Waals surface area contributed by atoms with Crippen LogP contribution < -0.4 is 5.32 Å². The third-order valence-electron chi connectivity index (χ3n) is 3.21. The van der Waals surface area contributed by atoms with Crippen molar-refractivity contribution in [2.45, 2.75) is 31.4 Å². The van der Waals surface area contributed by atoms with E-state index >= 15 is 0 Å². The number of hydrogen-bond acceptors (Lipinski definition) is 4. The van der Waals surface area contributed by atoms with Crippen molar-refractivity contribution in [2.24, 2.45) is 0 Å². The maximum Gasteiger partial charge on any atom is 0.326 e.